The number of rotatable bonds is 7. The van der Waals surface area contributed by atoms with Crippen molar-refractivity contribution in [3.63, 3.8) is 0 Å². The summed E-state index contributed by atoms with van der Waals surface area (Å²) in [5, 5.41) is 4.22. The third kappa shape index (κ3) is 4.05. The summed E-state index contributed by atoms with van der Waals surface area (Å²) in [5.41, 5.74) is 5.55. The molecule has 4 nitrogen and oxygen atoms in total. The Bertz CT molecular complexity index is 383. The molecule has 0 bridgehead atoms. The lowest BCUT2D eigenvalue weighted by Crippen LogP contribution is -2.14. The van der Waals surface area contributed by atoms with Crippen LogP contribution >= 0.6 is 0 Å². The second-order valence-electron chi connectivity index (χ2n) is 6.33. The van der Waals surface area contributed by atoms with Gasteiger partial charge in [-0.25, -0.2) is 0 Å². The third-order valence-electron chi connectivity index (χ3n) is 4.63. The molecule has 1 heterocycles. The van der Waals surface area contributed by atoms with Gasteiger partial charge in [-0.1, -0.05) is 31.8 Å². The Morgan fingerprint density at radius 3 is 2.70 bits per heavy atom. The number of aromatic nitrogens is 2. The normalized spacial score (nSPS) is 24.8. The zero-order valence-corrected chi connectivity index (χ0v) is 13.0. The second kappa shape index (κ2) is 7.77. The van der Waals surface area contributed by atoms with E-state index in [-0.39, 0.29) is 0 Å². The van der Waals surface area contributed by atoms with Gasteiger partial charge in [-0.05, 0) is 51.0 Å². The molecule has 1 aliphatic rings. The van der Waals surface area contributed by atoms with E-state index >= 15 is 0 Å². The van der Waals surface area contributed by atoms with Crippen molar-refractivity contribution in [3.8, 4) is 0 Å². The quantitative estimate of drug-likeness (QED) is 0.819. The number of nitrogens with two attached hydrogens (primary N) is 1. The Morgan fingerprint density at radius 1 is 1.30 bits per heavy atom. The summed E-state index contributed by atoms with van der Waals surface area (Å²) in [6.07, 6.45) is 9.82. The van der Waals surface area contributed by atoms with Gasteiger partial charge in [0.2, 0.25) is 5.89 Å². The zero-order chi connectivity index (χ0) is 14.4. The monoisotopic (exact) mass is 279 g/mol. The molecule has 2 rings (SSSR count). The Morgan fingerprint density at radius 2 is 2.05 bits per heavy atom. The number of hydrogen-bond donors (Lipinski definition) is 1. The summed E-state index contributed by atoms with van der Waals surface area (Å²) >= 11 is 0. The molecule has 1 fully saturated rings. The van der Waals surface area contributed by atoms with Gasteiger partial charge >= 0.3 is 0 Å². The molecule has 0 aromatic carbocycles. The molecule has 4 heteroatoms. The maximum absolute atomic E-state index is 5.55. The summed E-state index contributed by atoms with van der Waals surface area (Å²) in [7, 11) is 0. The number of nitrogens with zero attached hydrogens (tertiary/aromatic N) is 2. The first-order valence-corrected chi connectivity index (χ1v) is 8.28. The van der Waals surface area contributed by atoms with Gasteiger partial charge in [0.1, 0.15) is 0 Å². The average molecular weight is 279 g/mol. The Balaban J connectivity index is 1.86. The van der Waals surface area contributed by atoms with Crippen molar-refractivity contribution in [3.05, 3.63) is 11.7 Å². The van der Waals surface area contributed by atoms with Crippen molar-refractivity contribution in [2.24, 2.45) is 11.7 Å². The Labute approximate surface area is 122 Å². The fourth-order valence-electron chi connectivity index (χ4n) is 3.28. The lowest BCUT2D eigenvalue weighted by Gasteiger charge is -2.26. The van der Waals surface area contributed by atoms with Crippen molar-refractivity contribution in [1.82, 2.24) is 10.1 Å². The average Bonchev–Trinajstić information content (AvgIpc) is 2.96. The van der Waals surface area contributed by atoms with Gasteiger partial charge in [0.25, 0.3) is 0 Å². The largest absolute Gasteiger partial charge is 0.339 e. The highest BCUT2D eigenvalue weighted by molar-refractivity contribution is 5.00. The maximum Gasteiger partial charge on any atom is 0.229 e. The summed E-state index contributed by atoms with van der Waals surface area (Å²) < 4.78 is 5.45. The van der Waals surface area contributed by atoms with E-state index in [1.54, 1.807) is 0 Å². The smallest absolute Gasteiger partial charge is 0.229 e. The van der Waals surface area contributed by atoms with Crippen LogP contribution in [0, 0.1) is 5.92 Å². The fraction of sp³-hybridized carbons (Fsp3) is 0.875. The van der Waals surface area contributed by atoms with E-state index in [0.29, 0.717) is 11.8 Å². The van der Waals surface area contributed by atoms with Crippen molar-refractivity contribution in [2.45, 2.75) is 77.0 Å². The summed E-state index contributed by atoms with van der Waals surface area (Å²) in [4.78, 5) is 4.64. The van der Waals surface area contributed by atoms with Gasteiger partial charge < -0.3 is 10.3 Å². The molecule has 0 aliphatic heterocycles. The molecule has 1 aromatic heterocycles. The molecular formula is C16H29N3O. The second-order valence-corrected chi connectivity index (χ2v) is 6.33. The Kier molecular flexibility index (Phi) is 6.02. The van der Waals surface area contributed by atoms with E-state index in [0.717, 1.165) is 37.0 Å². The highest BCUT2D eigenvalue weighted by atomic mass is 16.5. The molecule has 0 saturated heterocycles. The third-order valence-corrected chi connectivity index (χ3v) is 4.63. The first-order chi connectivity index (χ1) is 9.74. The molecule has 1 unspecified atom stereocenters. The van der Waals surface area contributed by atoms with Crippen molar-refractivity contribution in [1.29, 1.82) is 0 Å². The van der Waals surface area contributed by atoms with Crippen molar-refractivity contribution >= 4 is 0 Å². The van der Waals surface area contributed by atoms with E-state index in [4.69, 9.17) is 10.3 Å². The van der Waals surface area contributed by atoms with E-state index in [1.807, 2.05) is 0 Å². The molecule has 114 valence electrons. The highest BCUT2D eigenvalue weighted by Crippen LogP contribution is 2.36. The van der Waals surface area contributed by atoms with Gasteiger partial charge in [0, 0.05) is 11.8 Å². The van der Waals surface area contributed by atoms with Crippen molar-refractivity contribution in [2.75, 3.05) is 6.54 Å². The van der Waals surface area contributed by atoms with Gasteiger partial charge in [-0.3, -0.25) is 0 Å². The van der Waals surface area contributed by atoms with Crippen molar-refractivity contribution < 1.29 is 4.52 Å². The van der Waals surface area contributed by atoms with Crippen LogP contribution in [0.4, 0.5) is 0 Å². The molecule has 1 aliphatic carbocycles. The standard InChI is InChI=1S/C16H29N3O/c1-3-5-13-7-9-14(10-8-13)15-18-16(20-19-15)12(2)6-4-11-17/h12-14H,3-11,17H2,1-2H3. The molecular weight excluding hydrogens is 250 g/mol. The lowest BCUT2D eigenvalue weighted by atomic mass is 9.80. The topological polar surface area (TPSA) is 64.9 Å². The maximum atomic E-state index is 5.55. The first-order valence-electron chi connectivity index (χ1n) is 8.28. The molecule has 0 spiro atoms. The van der Waals surface area contributed by atoms with Crippen LogP contribution in [0.25, 0.3) is 0 Å². The lowest BCUT2D eigenvalue weighted by molar-refractivity contribution is 0.293. The van der Waals surface area contributed by atoms with Crippen LogP contribution in [0.15, 0.2) is 4.52 Å². The molecule has 0 radical (unpaired) electrons. The number of hydrogen-bond acceptors (Lipinski definition) is 4. The van der Waals surface area contributed by atoms with E-state index in [9.17, 15) is 0 Å². The van der Waals surface area contributed by atoms with Crippen LogP contribution in [-0.4, -0.2) is 16.7 Å². The van der Waals surface area contributed by atoms with Crippen LogP contribution < -0.4 is 5.73 Å². The Hall–Kier alpha value is -0.900. The van der Waals surface area contributed by atoms with Crippen LogP contribution in [0.3, 0.4) is 0 Å². The summed E-state index contributed by atoms with van der Waals surface area (Å²) in [6, 6.07) is 0. The van der Waals surface area contributed by atoms with Gasteiger partial charge in [0.15, 0.2) is 5.82 Å². The predicted octanol–water partition coefficient (Wildman–Crippen LogP) is 3.99. The zero-order valence-electron chi connectivity index (χ0n) is 13.0. The van der Waals surface area contributed by atoms with Gasteiger partial charge in [0.05, 0.1) is 0 Å². The molecule has 2 N–H and O–H groups in total. The fourth-order valence-corrected chi connectivity index (χ4v) is 3.28. The van der Waals surface area contributed by atoms with Crippen LogP contribution in [0.5, 0.6) is 0 Å². The molecule has 1 saturated carbocycles. The molecule has 1 aromatic rings. The summed E-state index contributed by atoms with van der Waals surface area (Å²) in [5.74, 6) is 3.50. The van der Waals surface area contributed by atoms with Gasteiger partial charge in [-0.2, -0.15) is 4.98 Å². The minimum Gasteiger partial charge on any atom is -0.339 e. The predicted molar refractivity (Wildman–Crippen MR) is 80.6 cm³/mol. The summed E-state index contributed by atoms with van der Waals surface area (Å²) in [6.45, 7) is 5.15. The van der Waals surface area contributed by atoms with E-state index in [2.05, 4.69) is 24.0 Å². The van der Waals surface area contributed by atoms with Crippen LogP contribution in [-0.2, 0) is 0 Å². The minimum absolute atomic E-state index is 0.330. The minimum atomic E-state index is 0.330. The SMILES string of the molecule is CCCC1CCC(c2noc(C(C)CCCN)n2)CC1. The first kappa shape index (κ1) is 15.5. The molecule has 1 atom stereocenters. The van der Waals surface area contributed by atoms with E-state index < -0.39 is 0 Å². The van der Waals surface area contributed by atoms with Crippen LogP contribution in [0.1, 0.15) is 88.8 Å². The molecule has 0 amide bonds. The molecule has 20 heavy (non-hydrogen) atoms. The van der Waals surface area contributed by atoms with Gasteiger partial charge in [-0.15, -0.1) is 0 Å². The van der Waals surface area contributed by atoms with Crippen LogP contribution in [0.2, 0.25) is 0 Å². The highest BCUT2D eigenvalue weighted by Gasteiger charge is 2.26. The van der Waals surface area contributed by atoms with E-state index in [1.165, 1.54) is 38.5 Å².